The molecule has 2 N–H and O–H groups in total. The zero-order valence-electron chi connectivity index (χ0n) is 9.56. The van der Waals surface area contributed by atoms with Crippen LogP contribution < -0.4 is 5.32 Å². The number of piperazine rings is 1. The van der Waals surface area contributed by atoms with E-state index in [0.717, 1.165) is 31.9 Å². The van der Waals surface area contributed by atoms with E-state index in [1.807, 2.05) is 12.3 Å². The number of hydrogen-bond acceptors (Lipinski definition) is 3. The molecule has 1 fully saturated rings. The maximum Gasteiger partial charge on any atom is 0.0642 e. The Bertz CT molecular complexity index is 328. The maximum atomic E-state index is 8.86. The largest absolute Gasteiger partial charge is 0.364 e. The van der Waals surface area contributed by atoms with Crippen molar-refractivity contribution in [2.75, 3.05) is 26.2 Å². The summed E-state index contributed by atoms with van der Waals surface area (Å²) in [7, 11) is 0. The predicted octanol–water partition coefficient (Wildman–Crippen LogP) is 1.72. The third kappa shape index (κ3) is 4.21. The summed E-state index contributed by atoms with van der Waals surface area (Å²) in [4.78, 5) is 5.57. The first-order valence-electron chi connectivity index (χ1n) is 5.37. The van der Waals surface area contributed by atoms with Gasteiger partial charge < -0.3 is 10.3 Å². The fraction of sp³-hybridized carbons (Fsp3) is 0.545. The lowest BCUT2D eigenvalue weighted by Gasteiger charge is -2.33. The first kappa shape index (κ1) is 16.3. The van der Waals surface area contributed by atoms with Crippen LogP contribution in [-0.2, 0) is 0 Å². The number of rotatable bonds is 3. The van der Waals surface area contributed by atoms with E-state index in [1.54, 1.807) is 0 Å². The molecule has 2 heterocycles. The molecular formula is C11H18Cl2N4. The summed E-state index contributed by atoms with van der Waals surface area (Å²) in [5.74, 6) is 0. The van der Waals surface area contributed by atoms with Crippen LogP contribution in [0.2, 0.25) is 0 Å². The summed E-state index contributed by atoms with van der Waals surface area (Å²) in [5.41, 5.74) is 1.15. The number of halogens is 2. The zero-order chi connectivity index (χ0) is 10.5. The number of hydrogen-bond donors (Lipinski definition) is 2. The summed E-state index contributed by atoms with van der Waals surface area (Å²) in [6, 6.07) is 6.55. The molecule has 0 bridgehead atoms. The number of nitrogens with one attached hydrogen (secondary N) is 2. The van der Waals surface area contributed by atoms with Crippen molar-refractivity contribution in [1.29, 1.82) is 5.26 Å². The van der Waals surface area contributed by atoms with Gasteiger partial charge in [0.25, 0.3) is 0 Å². The normalized spacial score (nSPS) is 17.4. The van der Waals surface area contributed by atoms with E-state index >= 15 is 0 Å². The van der Waals surface area contributed by atoms with Gasteiger partial charge in [0.15, 0.2) is 0 Å². The Balaban J connectivity index is 0.00000128. The summed E-state index contributed by atoms with van der Waals surface area (Å²) in [5, 5.41) is 12.2. The number of nitriles is 1. The fourth-order valence-corrected chi connectivity index (χ4v) is 2.07. The molecule has 1 saturated heterocycles. The van der Waals surface area contributed by atoms with E-state index in [2.05, 4.69) is 27.3 Å². The van der Waals surface area contributed by atoms with Gasteiger partial charge in [-0.05, 0) is 12.1 Å². The highest BCUT2D eigenvalue weighted by Crippen LogP contribution is 2.22. The molecule has 17 heavy (non-hydrogen) atoms. The SMILES string of the molecule is Cl.Cl.N#CC[C@@H](c1ccc[nH]1)N1CCNCC1. The Kier molecular flexibility index (Phi) is 8.01. The molecule has 0 saturated carbocycles. The van der Waals surface area contributed by atoms with E-state index in [4.69, 9.17) is 5.26 Å². The Hall–Kier alpha value is -0.730. The molecular weight excluding hydrogens is 259 g/mol. The lowest BCUT2D eigenvalue weighted by atomic mass is 10.1. The van der Waals surface area contributed by atoms with Gasteiger partial charge in [-0.2, -0.15) is 5.26 Å². The molecule has 0 aromatic carbocycles. The van der Waals surface area contributed by atoms with Crippen molar-refractivity contribution < 1.29 is 0 Å². The molecule has 1 aliphatic heterocycles. The van der Waals surface area contributed by atoms with Crippen molar-refractivity contribution in [2.45, 2.75) is 12.5 Å². The van der Waals surface area contributed by atoms with Crippen LogP contribution in [0.15, 0.2) is 18.3 Å². The van der Waals surface area contributed by atoms with Gasteiger partial charge in [0.2, 0.25) is 0 Å². The molecule has 0 radical (unpaired) electrons. The van der Waals surface area contributed by atoms with Crippen LogP contribution in [0, 0.1) is 11.3 Å². The van der Waals surface area contributed by atoms with E-state index < -0.39 is 0 Å². The number of nitrogens with zero attached hydrogens (tertiary/aromatic N) is 2. The summed E-state index contributed by atoms with van der Waals surface area (Å²) in [6.45, 7) is 4.07. The summed E-state index contributed by atoms with van der Waals surface area (Å²) < 4.78 is 0. The molecule has 2 rings (SSSR count). The molecule has 4 nitrogen and oxygen atoms in total. The predicted molar refractivity (Wildman–Crippen MR) is 72.7 cm³/mol. The fourth-order valence-electron chi connectivity index (χ4n) is 2.07. The van der Waals surface area contributed by atoms with Crippen LogP contribution in [0.1, 0.15) is 18.2 Å². The monoisotopic (exact) mass is 276 g/mol. The van der Waals surface area contributed by atoms with Crippen molar-refractivity contribution in [3.05, 3.63) is 24.0 Å². The van der Waals surface area contributed by atoms with Crippen molar-refractivity contribution >= 4 is 24.8 Å². The second-order valence-electron chi connectivity index (χ2n) is 3.79. The standard InChI is InChI=1S/C11H16N4.2ClH/c12-4-3-11(10-2-1-5-14-10)15-8-6-13-7-9-15;;/h1-2,5,11,13-14H,3,6-9H2;2*1H/t11-;;/m0../s1. The number of aromatic nitrogens is 1. The van der Waals surface area contributed by atoms with Crippen LogP contribution in [0.25, 0.3) is 0 Å². The molecule has 0 unspecified atom stereocenters. The molecule has 6 heteroatoms. The lowest BCUT2D eigenvalue weighted by molar-refractivity contribution is 0.173. The van der Waals surface area contributed by atoms with Gasteiger partial charge in [-0.15, -0.1) is 24.8 Å². The second-order valence-corrected chi connectivity index (χ2v) is 3.79. The van der Waals surface area contributed by atoms with Gasteiger partial charge in [0, 0.05) is 38.1 Å². The Morgan fingerprint density at radius 2 is 2.06 bits per heavy atom. The average Bonchev–Trinajstić information content (AvgIpc) is 2.80. The van der Waals surface area contributed by atoms with Crippen molar-refractivity contribution in [3.63, 3.8) is 0 Å². The summed E-state index contributed by atoms with van der Waals surface area (Å²) >= 11 is 0. The minimum Gasteiger partial charge on any atom is -0.364 e. The Labute approximate surface area is 114 Å². The van der Waals surface area contributed by atoms with Gasteiger partial charge in [0.1, 0.15) is 0 Å². The highest BCUT2D eigenvalue weighted by Gasteiger charge is 2.22. The maximum absolute atomic E-state index is 8.86. The summed E-state index contributed by atoms with van der Waals surface area (Å²) in [6.07, 6.45) is 2.47. The smallest absolute Gasteiger partial charge is 0.0642 e. The minimum atomic E-state index is 0. The average molecular weight is 277 g/mol. The molecule has 0 amide bonds. The van der Waals surface area contributed by atoms with Gasteiger partial charge >= 0.3 is 0 Å². The quantitative estimate of drug-likeness (QED) is 0.884. The van der Waals surface area contributed by atoms with Crippen LogP contribution in [-0.4, -0.2) is 36.1 Å². The topological polar surface area (TPSA) is 54.9 Å². The van der Waals surface area contributed by atoms with Gasteiger partial charge in [-0.1, -0.05) is 0 Å². The molecule has 1 aromatic heterocycles. The zero-order valence-corrected chi connectivity index (χ0v) is 11.2. The van der Waals surface area contributed by atoms with Gasteiger partial charge in [-0.3, -0.25) is 4.90 Å². The van der Waals surface area contributed by atoms with Crippen molar-refractivity contribution in [3.8, 4) is 6.07 Å². The number of aromatic amines is 1. The molecule has 0 spiro atoms. The van der Waals surface area contributed by atoms with Crippen molar-refractivity contribution in [2.24, 2.45) is 0 Å². The molecule has 1 atom stereocenters. The Morgan fingerprint density at radius 3 is 2.59 bits per heavy atom. The first-order chi connectivity index (χ1) is 7.42. The van der Waals surface area contributed by atoms with E-state index in [-0.39, 0.29) is 30.9 Å². The van der Waals surface area contributed by atoms with Gasteiger partial charge in [0.05, 0.1) is 18.5 Å². The molecule has 96 valence electrons. The third-order valence-corrected chi connectivity index (χ3v) is 2.86. The third-order valence-electron chi connectivity index (χ3n) is 2.86. The highest BCUT2D eigenvalue weighted by atomic mass is 35.5. The van der Waals surface area contributed by atoms with Crippen LogP contribution in [0.4, 0.5) is 0 Å². The highest BCUT2D eigenvalue weighted by molar-refractivity contribution is 5.85. The van der Waals surface area contributed by atoms with Crippen LogP contribution in [0.5, 0.6) is 0 Å². The minimum absolute atomic E-state index is 0. The molecule has 1 aromatic rings. The van der Waals surface area contributed by atoms with E-state index in [9.17, 15) is 0 Å². The first-order valence-corrected chi connectivity index (χ1v) is 5.37. The van der Waals surface area contributed by atoms with E-state index in [0.29, 0.717) is 6.42 Å². The second kappa shape index (κ2) is 8.37. The lowest BCUT2D eigenvalue weighted by Crippen LogP contribution is -2.45. The Morgan fingerprint density at radius 1 is 1.35 bits per heavy atom. The molecule has 0 aliphatic carbocycles. The van der Waals surface area contributed by atoms with Crippen molar-refractivity contribution in [1.82, 2.24) is 15.2 Å². The van der Waals surface area contributed by atoms with Crippen LogP contribution in [0.3, 0.4) is 0 Å². The van der Waals surface area contributed by atoms with Gasteiger partial charge in [-0.25, -0.2) is 0 Å². The number of H-pyrrole nitrogens is 1. The molecule has 1 aliphatic rings. The van der Waals surface area contributed by atoms with Crippen LogP contribution >= 0.6 is 24.8 Å². The van der Waals surface area contributed by atoms with E-state index in [1.165, 1.54) is 0 Å².